The zero-order valence-corrected chi connectivity index (χ0v) is 22.7. The predicted molar refractivity (Wildman–Crippen MR) is 141 cm³/mol. The number of hydrogen-bond acceptors (Lipinski definition) is 5. The fraction of sp³-hybridized carbons (Fsp3) is 0.308. The lowest BCUT2D eigenvalue weighted by atomic mass is 9.88. The molecule has 3 aromatic carbocycles. The Balaban J connectivity index is 1.76. The number of sulfonamides is 1. The number of benzene rings is 3. The van der Waals surface area contributed by atoms with Crippen molar-refractivity contribution < 1.29 is 26.4 Å². The molecule has 0 saturated carbocycles. The first-order valence-electron chi connectivity index (χ1n) is 11.7. The number of piperazine rings is 1. The zero-order chi connectivity index (χ0) is 27.5. The number of rotatable bonds is 8. The highest BCUT2D eigenvalue weighted by Gasteiger charge is 2.33. The predicted octanol–water partition coefficient (Wildman–Crippen LogP) is 5.66. The Hall–Kier alpha value is -2.34. The Kier molecular flexibility index (Phi) is 8.91. The normalized spacial score (nSPS) is 16.4. The molecule has 1 aliphatic rings. The minimum atomic E-state index is -4.62. The Morgan fingerprint density at radius 3 is 2.26 bits per heavy atom. The third-order valence-electron chi connectivity index (χ3n) is 6.41. The minimum Gasteiger partial charge on any atom is -0.393 e. The maximum absolute atomic E-state index is 13.8. The number of nitrogens with zero attached hydrogens (tertiary/aromatic N) is 2. The molecule has 0 amide bonds. The lowest BCUT2D eigenvalue weighted by Crippen LogP contribution is -2.45. The number of alkyl halides is 3. The molecular weight excluding hydrogens is 562 g/mol. The number of nitrogens with one attached hydrogen (secondary N) is 1. The van der Waals surface area contributed by atoms with E-state index in [1.807, 2.05) is 11.9 Å². The fourth-order valence-corrected chi connectivity index (χ4v) is 5.36. The summed E-state index contributed by atoms with van der Waals surface area (Å²) >= 11 is 12.4. The van der Waals surface area contributed by atoms with Gasteiger partial charge in [0.1, 0.15) is 0 Å². The summed E-state index contributed by atoms with van der Waals surface area (Å²) in [5.41, 5.74) is -0.101. The van der Waals surface area contributed by atoms with Gasteiger partial charge in [0.05, 0.1) is 20.5 Å². The van der Waals surface area contributed by atoms with Crippen molar-refractivity contribution in [1.82, 2.24) is 14.7 Å². The molecule has 1 heterocycles. The highest BCUT2D eigenvalue weighted by molar-refractivity contribution is 7.89. The lowest BCUT2D eigenvalue weighted by molar-refractivity contribution is -0.137. The molecule has 204 valence electrons. The van der Waals surface area contributed by atoms with E-state index in [9.17, 15) is 21.6 Å². The first-order chi connectivity index (χ1) is 17.9. The summed E-state index contributed by atoms with van der Waals surface area (Å²) in [7, 11) is -2.09. The van der Waals surface area contributed by atoms with Crippen LogP contribution in [0.2, 0.25) is 10.0 Å². The van der Waals surface area contributed by atoms with Crippen molar-refractivity contribution in [3.05, 3.63) is 93.5 Å². The second-order valence-electron chi connectivity index (χ2n) is 9.08. The molecule has 12 heteroatoms. The Morgan fingerprint density at radius 2 is 1.63 bits per heavy atom. The smallest absolute Gasteiger partial charge is 0.393 e. The highest BCUT2D eigenvalue weighted by Crippen LogP contribution is 2.39. The van der Waals surface area contributed by atoms with Crippen LogP contribution in [0.4, 0.5) is 13.2 Å². The molecule has 1 saturated heterocycles. The summed E-state index contributed by atoms with van der Waals surface area (Å²) < 4.78 is 66.8. The molecule has 4 rings (SSSR count). The maximum Gasteiger partial charge on any atom is 0.416 e. The van der Waals surface area contributed by atoms with Gasteiger partial charge in [0, 0.05) is 44.2 Å². The van der Waals surface area contributed by atoms with Crippen molar-refractivity contribution in [1.29, 1.82) is 0 Å². The fourth-order valence-electron chi connectivity index (χ4n) is 4.24. The van der Waals surface area contributed by atoms with E-state index in [0.717, 1.165) is 31.3 Å². The third kappa shape index (κ3) is 6.99. The maximum atomic E-state index is 13.8. The van der Waals surface area contributed by atoms with Crippen LogP contribution in [0.25, 0.3) is 0 Å². The molecule has 1 N–H and O–H groups in total. The van der Waals surface area contributed by atoms with Gasteiger partial charge >= 0.3 is 6.18 Å². The summed E-state index contributed by atoms with van der Waals surface area (Å²) in [6, 6.07) is 15.4. The van der Waals surface area contributed by atoms with Gasteiger partial charge < -0.3 is 9.74 Å². The third-order valence-corrected chi connectivity index (χ3v) is 8.34. The second-order valence-corrected chi connectivity index (χ2v) is 11.5. The molecule has 38 heavy (non-hydrogen) atoms. The van der Waals surface area contributed by atoms with Crippen molar-refractivity contribution >= 4 is 33.2 Å². The second kappa shape index (κ2) is 11.8. The van der Waals surface area contributed by atoms with Gasteiger partial charge in [-0.05, 0) is 60.0 Å². The molecule has 6 nitrogen and oxygen atoms in total. The van der Waals surface area contributed by atoms with E-state index in [1.165, 1.54) is 12.1 Å². The van der Waals surface area contributed by atoms with E-state index in [-0.39, 0.29) is 21.2 Å². The van der Waals surface area contributed by atoms with Crippen LogP contribution in [-0.4, -0.2) is 58.0 Å². The Morgan fingerprint density at radius 1 is 0.947 bits per heavy atom. The van der Waals surface area contributed by atoms with Crippen molar-refractivity contribution in [2.75, 3.05) is 39.8 Å². The molecule has 3 aromatic rings. The van der Waals surface area contributed by atoms with Gasteiger partial charge in [0.2, 0.25) is 0 Å². The van der Waals surface area contributed by atoms with E-state index >= 15 is 0 Å². The van der Waals surface area contributed by atoms with E-state index in [1.54, 1.807) is 36.4 Å². The van der Waals surface area contributed by atoms with Gasteiger partial charge in [0.25, 0.3) is 10.0 Å². The monoisotopic (exact) mass is 587 g/mol. The van der Waals surface area contributed by atoms with Crippen molar-refractivity contribution in [2.24, 2.45) is 0 Å². The summed E-state index contributed by atoms with van der Waals surface area (Å²) in [5.74, 6) is -0.686. The molecule has 0 spiro atoms. The minimum absolute atomic E-state index is 0.0491. The summed E-state index contributed by atoms with van der Waals surface area (Å²) in [6.45, 7) is 3.39. The van der Waals surface area contributed by atoms with Crippen molar-refractivity contribution in [3.8, 4) is 5.75 Å². The van der Waals surface area contributed by atoms with Gasteiger partial charge in [-0.3, -0.25) is 4.90 Å². The average Bonchev–Trinajstić information content (AvgIpc) is 2.89. The molecule has 1 aliphatic heterocycles. The standard InChI is InChI=1S/C26H26Cl2F3N3O3S/c1-33-11-13-34(14-12-33)17-22(18-7-9-23(27)24(28)15-18)21-16-19(26(29,30)31)8-10-25(21)37-32-38(35,36)20-5-3-2-4-6-20/h2-10,15-16,22,32H,11-14,17H2,1H3. The van der Waals surface area contributed by atoms with E-state index in [2.05, 4.69) is 9.80 Å². The average molecular weight is 588 g/mol. The van der Waals surface area contributed by atoms with Crippen LogP contribution in [-0.2, 0) is 16.2 Å². The van der Waals surface area contributed by atoms with Gasteiger partial charge in [0.15, 0.2) is 5.75 Å². The van der Waals surface area contributed by atoms with Crippen LogP contribution in [0.1, 0.15) is 22.6 Å². The summed E-state index contributed by atoms with van der Waals surface area (Å²) in [5, 5.41) is 0.566. The Bertz CT molecular complexity index is 1370. The van der Waals surface area contributed by atoms with Gasteiger partial charge in [-0.15, -0.1) is 0 Å². The van der Waals surface area contributed by atoms with E-state index in [0.29, 0.717) is 30.2 Å². The van der Waals surface area contributed by atoms with Crippen LogP contribution in [0, 0.1) is 0 Å². The first kappa shape index (κ1) is 28.7. The van der Waals surface area contributed by atoms with Crippen LogP contribution in [0.15, 0.2) is 71.6 Å². The van der Waals surface area contributed by atoms with E-state index in [4.69, 9.17) is 28.0 Å². The molecule has 0 aliphatic carbocycles. The molecule has 1 atom stereocenters. The lowest BCUT2D eigenvalue weighted by Gasteiger charge is -2.35. The number of halogens is 5. The van der Waals surface area contributed by atoms with Gasteiger partial charge in [-0.25, -0.2) is 8.42 Å². The van der Waals surface area contributed by atoms with Crippen LogP contribution in [0.5, 0.6) is 5.75 Å². The largest absolute Gasteiger partial charge is 0.416 e. The Labute approximate surface area is 229 Å². The number of likely N-dealkylation sites (N-methyl/N-ethyl adjacent to an activating group) is 1. The van der Waals surface area contributed by atoms with E-state index < -0.39 is 27.7 Å². The van der Waals surface area contributed by atoms with Crippen LogP contribution < -0.4 is 9.72 Å². The van der Waals surface area contributed by atoms with Gasteiger partial charge in [-0.2, -0.15) is 13.2 Å². The number of hydrogen-bond donors (Lipinski definition) is 1. The molecule has 0 aromatic heterocycles. The molecule has 1 unspecified atom stereocenters. The highest BCUT2D eigenvalue weighted by atomic mass is 35.5. The summed E-state index contributed by atoms with van der Waals surface area (Å²) in [6.07, 6.45) is -4.62. The van der Waals surface area contributed by atoms with Crippen LogP contribution >= 0.6 is 23.2 Å². The van der Waals surface area contributed by atoms with Gasteiger partial charge in [-0.1, -0.05) is 47.5 Å². The topological polar surface area (TPSA) is 61.9 Å². The zero-order valence-electron chi connectivity index (χ0n) is 20.4. The van der Waals surface area contributed by atoms with Crippen molar-refractivity contribution in [2.45, 2.75) is 17.0 Å². The molecule has 1 fully saturated rings. The quantitative estimate of drug-likeness (QED) is 0.344. The first-order valence-corrected chi connectivity index (χ1v) is 14.0. The molecular formula is C26H26Cl2F3N3O3S. The SMILES string of the molecule is CN1CCN(CC(c2ccc(Cl)c(Cl)c2)c2cc(C(F)(F)F)ccc2ONS(=O)(=O)c2ccccc2)CC1. The molecule has 0 radical (unpaired) electrons. The van der Waals surface area contributed by atoms with Crippen molar-refractivity contribution in [3.63, 3.8) is 0 Å². The summed E-state index contributed by atoms with van der Waals surface area (Å²) in [4.78, 5) is 11.8. The molecule has 0 bridgehead atoms. The van der Waals surface area contributed by atoms with Crippen LogP contribution in [0.3, 0.4) is 0 Å².